The molecule has 3 fully saturated rings. The van der Waals surface area contributed by atoms with Crippen molar-refractivity contribution in [3.8, 4) is 0 Å². The van der Waals surface area contributed by atoms with Crippen LogP contribution >= 0.6 is 0 Å². The number of hydrogen-bond acceptors (Lipinski definition) is 1. The topological polar surface area (TPSA) is 23.6 Å². The number of amides is 2. The number of carbonyl (C=O) groups is 1. The maximum atomic E-state index is 13.0. The van der Waals surface area contributed by atoms with Gasteiger partial charge in [-0.15, -0.1) is 0 Å². The van der Waals surface area contributed by atoms with Crippen LogP contribution < -0.4 is 0 Å². The molecule has 0 aromatic rings. The highest BCUT2D eigenvalue weighted by atomic mass is 16.2. The van der Waals surface area contributed by atoms with E-state index in [1.807, 2.05) is 0 Å². The van der Waals surface area contributed by atoms with Gasteiger partial charge in [-0.05, 0) is 38.5 Å². The molecule has 20 heavy (non-hydrogen) atoms. The molecule has 2 amide bonds. The SMILES string of the molecule is O=C(N1CCCC1)N(C1CCCCC1)C1CCCCC1. The molecule has 0 radical (unpaired) electrons. The van der Waals surface area contributed by atoms with Crippen LogP contribution in [0.25, 0.3) is 0 Å². The summed E-state index contributed by atoms with van der Waals surface area (Å²) in [6.45, 7) is 1.99. The monoisotopic (exact) mass is 278 g/mol. The number of hydrogen-bond donors (Lipinski definition) is 0. The van der Waals surface area contributed by atoms with E-state index in [0.29, 0.717) is 18.1 Å². The average molecular weight is 278 g/mol. The Kier molecular flexibility index (Phi) is 4.85. The second-order valence-electron chi connectivity index (χ2n) is 6.97. The van der Waals surface area contributed by atoms with Gasteiger partial charge in [0.15, 0.2) is 0 Å². The lowest BCUT2D eigenvalue weighted by molar-refractivity contribution is 0.0833. The summed E-state index contributed by atoms with van der Waals surface area (Å²) in [7, 11) is 0. The number of urea groups is 1. The quantitative estimate of drug-likeness (QED) is 0.743. The number of likely N-dealkylation sites (tertiary alicyclic amines) is 1. The van der Waals surface area contributed by atoms with Crippen LogP contribution in [0.5, 0.6) is 0 Å². The zero-order valence-corrected chi connectivity index (χ0v) is 12.9. The summed E-state index contributed by atoms with van der Waals surface area (Å²) in [6, 6.07) is 1.46. The predicted molar refractivity (Wildman–Crippen MR) is 81.8 cm³/mol. The molecule has 3 rings (SSSR count). The van der Waals surface area contributed by atoms with E-state index < -0.39 is 0 Å². The van der Waals surface area contributed by atoms with Crippen molar-refractivity contribution in [1.29, 1.82) is 0 Å². The van der Waals surface area contributed by atoms with Crippen LogP contribution in [0, 0.1) is 0 Å². The second kappa shape index (κ2) is 6.82. The number of carbonyl (C=O) groups excluding carboxylic acids is 1. The summed E-state index contributed by atoms with van der Waals surface area (Å²) in [4.78, 5) is 17.5. The molecule has 3 aliphatic rings. The molecule has 0 aromatic carbocycles. The zero-order chi connectivity index (χ0) is 13.8. The van der Waals surface area contributed by atoms with Gasteiger partial charge < -0.3 is 9.80 Å². The highest BCUT2D eigenvalue weighted by Crippen LogP contribution is 2.31. The van der Waals surface area contributed by atoms with E-state index >= 15 is 0 Å². The van der Waals surface area contributed by atoms with Gasteiger partial charge in [-0.25, -0.2) is 4.79 Å². The van der Waals surface area contributed by atoms with E-state index in [1.54, 1.807) is 0 Å². The first-order valence-electron chi connectivity index (χ1n) is 8.93. The van der Waals surface area contributed by atoms with Gasteiger partial charge in [-0.3, -0.25) is 0 Å². The molecule has 1 saturated heterocycles. The van der Waals surface area contributed by atoms with Crippen molar-refractivity contribution < 1.29 is 4.79 Å². The van der Waals surface area contributed by atoms with Gasteiger partial charge in [0.05, 0.1) is 0 Å². The largest absolute Gasteiger partial charge is 0.325 e. The van der Waals surface area contributed by atoms with Crippen molar-refractivity contribution in [2.75, 3.05) is 13.1 Å². The predicted octanol–water partition coefficient (Wildman–Crippen LogP) is 4.17. The molecular weight excluding hydrogens is 248 g/mol. The molecule has 0 bridgehead atoms. The lowest BCUT2D eigenvalue weighted by Gasteiger charge is -2.43. The van der Waals surface area contributed by atoms with Gasteiger partial charge in [0, 0.05) is 25.2 Å². The van der Waals surface area contributed by atoms with E-state index in [1.165, 1.54) is 77.0 Å². The summed E-state index contributed by atoms with van der Waals surface area (Å²) in [6.07, 6.45) is 15.4. The molecule has 3 heteroatoms. The Morgan fingerprint density at radius 1 is 0.700 bits per heavy atom. The van der Waals surface area contributed by atoms with E-state index in [2.05, 4.69) is 9.80 Å². The minimum Gasteiger partial charge on any atom is -0.325 e. The maximum Gasteiger partial charge on any atom is 0.320 e. The van der Waals surface area contributed by atoms with E-state index in [4.69, 9.17) is 0 Å². The summed E-state index contributed by atoms with van der Waals surface area (Å²) in [5.74, 6) is 0. The van der Waals surface area contributed by atoms with Gasteiger partial charge in [-0.1, -0.05) is 38.5 Å². The molecule has 0 aromatic heterocycles. The van der Waals surface area contributed by atoms with Crippen LogP contribution in [-0.4, -0.2) is 41.0 Å². The molecule has 0 unspecified atom stereocenters. The molecule has 0 N–H and O–H groups in total. The fourth-order valence-corrected chi connectivity index (χ4v) is 4.40. The van der Waals surface area contributed by atoms with Crippen molar-refractivity contribution in [1.82, 2.24) is 9.80 Å². The Morgan fingerprint density at radius 2 is 1.15 bits per heavy atom. The highest BCUT2D eigenvalue weighted by molar-refractivity contribution is 5.75. The normalized spacial score (nSPS) is 25.9. The third-order valence-corrected chi connectivity index (χ3v) is 5.53. The smallest absolute Gasteiger partial charge is 0.320 e. The highest BCUT2D eigenvalue weighted by Gasteiger charge is 2.35. The minimum atomic E-state index is 0.376. The first-order chi connectivity index (χ1) is 9.86. The molecular formula is C17H30N2O. The van der Waals surface area contributed by atoms with Gasteiger partial charge in [0.25, 0.3) is 0 Å². The molecule has 2 aliphatic carbocycles. The zero-order valence-electron chi connectivity index (χ0n) is 12.9. The van der Waals surface area contributed by atoms with Crippen LogP contribution in [0.15, 0.2) is 0 Å². The van der Waals surface area contributed by atoms with Gasteiger partial charge in [0.2, 0.25) is 0 Å². The van der Waals surface area contributed by atoms with Crippen molar-refractivity contribution >= 4 is 6.03 Å². The van der Waals surface area contributed by atoms with Crippen LogP contribution in [-0.2, 0) is 0 Å². The first-order valence-corrected chi connectivity index (χ1v) is 8.93. The lowest BCUT2D eigenvalue weighted by atomic mass is 9.89. The molecule has 114 valence electrons. The maximum absolute atomic E-state index is 13.0. The Hall–Kier alpha value is -0.730. The summed E-state index contributed by atoms with van der Waals surface area (Å²) >= 11 is 0. The number of rotatable bonds is 2. The molecule has 3 nitrogen and oxygen atoms in total. The van der Waals surface area contributed by atoms with Crippen molar-refractivity contribution in [2.45, 2.75) is 89.1 Å². The van der Waals surface area contributed by atoms with E-state index in [0.717, 1.165) is 13.1 Å². The number of nitrogens with zero attached hydrogens (tertiary/aromatic N) is 2. The lowest BCUT2D eigenvalue weighted by Crippen LogP contribution is -2.53. The Bertz CT molecular complexity index is 295. The molecule has 1 aliphatic heterocycles. The Labute approximate surface area is 123 Å². The Morgan fingerprint density at radius 3 is 1.60 bits per heavy atom. The molecule has 1 heterocycles. The van der Waals surface area contributed by atoms with E-state index in [-0.39, 0.29) is 0 Å². The van der Waals surface area contributed by atoms with Crippen LogP contribution in [0.4, 0.5) is 4.79 Å². The van der Waals surface area contributed by atoms with E-state index in [9.17, 15) is 4.79 Å². The third-order valence-electron chi connectivity index (χ3n) is 5.53. The van der Waals surface area contributed by atoms with Gasteiger partial charge in [-0.2, -0.15) is 0 Å². The van der Waals surface area contributed by atoms with Crippen LogP contribution in [0.3, 0.4) is 0 Å². The van der Waals surface area contributed by atoms with Crippen molar-refractivity contribution in [2.24, 2.45) is 0 Å². The second-order valence-corrected chi connectivity index (χ2v) is 6.97. The molecule has 0 atom stereocenters. The summed E-state index contributed by atoms with van der Waals surface area (Å²) < 4.78 is 0. The average Bonchev–Trinajstić information content (AvgIpc) is 3.04. The fourth-order valence-electron chi connectivity index (χ4n) is 4.40. The van der Waals surface area contributed by atoms with Crippen molar-refractivity contribution in [3.05, 3.63) is 0 Å². The van der Waals surface area contributed by atoms with Crippen molar-refractivity contribution in [3.63, 3.8) is 0 Å². The standard InChI is InChI=1S/C17H30N2O/c20-17(18-13-7-8-14-18)19(15-9-3-1-4-10-15)16-11-5-2-6-12-16/h15-16H,1-14H2. The first kappa shape index (κ1) is 14.2. The summed E-state index contributed by atoms with van der Waals surface area (Å²) in [5.41, 5.74) is 0. The Balaban J connectivity index is 1.72. The van der Waals surface area contributed by atoms with Gasteiger partial charge in [0.1, 0.15) is 0 Å². The summed E-state index contributed by atoms with van der Waals surface area (Å²) in [5, 5.41) is 0. The van der Waals surface area contributed by atoms with Gasteiger partial charge >= 0.3 is 6.03 Å². The molecule has 0 spiro atoms. The van der Waals surface area contributed by atoms with Crippen LogP contribution in [0.2, 0.25) is 0 Å². The molecule has 2 saturated carbocycles. The fraction of sp³-hybridized carbons (Fsp3) is 0.941. The van der Waals surface area contributed by atoms with Crippen LogP contribution in [0.1, 0.15) is 77.0 Å². The minimum absolute atomic E-state index is 0.376. The third kappa shape index (κ3) is 3.12.